The highest BCUT2D eigenvalue weighted by atomic mass is 16.2. The summed E-state index contributed by atoms with van der Waals surface area (Å²) in [7, 11) is 0. The van der Waals surface area contributed by atoms with E-state index in [1.807, 2.05) is 12.1 Å². The van der Waals surface area contributed by atoms with Crippen LogP contribution in [0.4, 0.5) is 0 Å². The van der Waals surface area contributed by atoms with Crippen molar-refractivity contribution in [2.75, 3.05) is 6.61 Å². The SMILES string of the molecule is CC1(NC(=O)c2ccc(C#CCCO)cc2)CC1. The molecule has 0 aromatic heterocycles. The van der Waals surface area contributed by atoms with Gasteiger partial charge in [0.2, 0.25) is 0 Å². The van der Waals surface area contributed by atoms with Crippen molar-refractivity contribution in [1.82, 2.24) is 5.32 Å². The fraction of sp³-hybridized carbons (Fsp3) is 0.400. The van der Waals surface area contributed by atoms with Gasteiger partial charge < -0.3 is 10.4 Å². The molecule has 0 atom stereocenters. The minimum Gasteiger partial charge on any atom is -0.395 e. The van der Waals surface area contributed by atoms with E-state index >= 15 is 0 Å². The number of hydrogen-bond donors (Lipinski definition) is 2. The molecule has 1 aliphatic rings. The molecular weight excluding hydrogens is 226 g/mol. The summed E-state index contributed by atoms with van der Waals surface area (Å²) in [4.78, 5) is 11.9. The zero-order valence-electron chi connectivity index (χ0n) is 10.5. The van der Waals surface area contributed by atoms with Crippen molar-refractivity contribution in [2.24, 2.45) is 0 Å². The Labute approximate surface area is 107 Å². The first-order chi connectivity index (χ1) is 8.63. The van der Waals surface area contributed by atoms with Crippen LogP contribution in [0.1, 0.15) is 42.1 Å². The van der Waals surface area contributed by atoms with E-state index < -0.39 is 0 Å². The van der Waals surface area contributed by atoms with Gasteiger partial charge in [-0.05, 0) is 44.0 Å². The third-order valence-corrected chi connectivity index (χ3v) is 3.03. The summed E-state index contributed by atoms with van der Waals surface area (Å²) < 4.78 is 0. The van der Waals surface area contributed by atoms with Gasteiger partial charge in [0, 0.05) is 23.1 Å². The monoisotopic (exact) mass is 243 g/mol. The van der Waals surface area contributed by atoms with E-state index in [1.54, 1.807) is 12.1 Å². The lowest BCUT2D eigenvalue weighted by Crippen LogP contribution is -2.34. The number of aliphatic hydroxyl groups is 1. The van der Waals surface area contributed by atoms with Crippen molar-refractivity contribution in [3.63, 3.8) is 0 Å². The van der Waals surface area contributed by atoms with E-state index in [2.05, 4.69) is 24.1 Å². The van der Waals surface area contributed by atoms with E-state index in [0.717, 1.165) is 18.4 Å². The molecule has 3 heteroatoms. The summed E-state index contributed by atoms with van der Waals surface area (Å²) in [5, 5.41) is 11.6. The second kappa shape index (κ2) is 5.24. The van der Waals surface area contributed by atoms with Crippen molar-refractivity contribution in [3.05, 3.63) is 35.4 Å². The molecule has 1 aromatic rings. The molecule has 0 radical (unpaired) electrons. The Bertz CT molecular complexity index is 489. The minimum absolute atomic E-state index is 0.0106. The molecule has 1 fully saturated rings. The molecule has 1 amide bonds. The fourth-order valence-corrected chi connectivity index (χ4v) is 1.58. The maximum absolute atomic E-state index is 11.9. The predicted molar refractivity (Wildman–Crippen MR) is 70.1 cm³/mol. The summed E-state index contributed by atoms with van der Waals surface area (Å²) in [6, 6.07) is 7.22. The van der Waals surface area contributed by atoms with Crippen molar-refractivity contribution >= 4 is 5.91 Å². The number of amides is 1. The Morgan fingerprint density at radius 1 is 1.39 bits per heavy atom. The molecule has 0 heterocycles. The van der Waals surface area contributed by atoms with E-state index in [9.17, 15) is 4.79 Å². The molecule has 0 aliphatic heterocycles. The van der Waals surface area contributed by atoms with Crippen molar-refractivity contribution in [3.8, 4) is 11.8 Å². The van der Waals surface area contributed by atoms with Crippen LogP contribution in [-0.4, -0.2) is 23.2 Å². The molecular formula is C15H17NO2. The standard InChI is InChI=1S/C15H17NO2/c1-15(9-10-15)16-14(18)13-7-5-12(6-8-13)4-2-3-11-17/h5-8,17H,3,9-11H2,1H3,(H,16,18). The molecule has 0 spiro atoms. The third-order valence-electron chi connectivity index (χ3n) is 3.03. The number of rotatable bonds is 3. The Kier molecular flexibility index (Phi) is 3.69. The first-order valence-electron chi connectivity index (χ1n) is 6.15. The van der Waals surface area contributed by atoms with Gasteiger partial charge in [-0.15, -0.1) is 0 Å². The average molecular weight is 243 g/mol. The number of aliphatic hydroxyl groups excluding tert-OH is 1. The lowest BCUT2D eigenvalue weighted by molar-refractivity contribution is 0.0935. The Balaban J connectivity index is 1.99. The van der Waals surface area contributed by atoms with Crippen LogP contribution in [0, 0.1) is 11.8 Å². The van der Waals surface area contributed by atoms with Crippen molar-refractivity contribution < 1.29 is 9.90 Å². The quantitative estimate of drug-likeness (QED) is 0.794. The molecule has 3 nitrogen and oxygen atoms in total. The molecule has 0 unspecified atom stereocenters. The van der Waals surface area contributed by atoms with Gasteiger partial charge in [0.25, 0.3) is 5.91 Å². The number of nitrogens with one attached hydrogen (secondary N) is 1. The highest BCUT2D eigenvalue weighted by molar-refractivity contribution is 5.95. The maximum atomic E-state index is 11.9. The van der Waals surface area contributed by atoms with Crippen LogP contribution in [0.15, 0.2) is 24.3 Å². The lowest BCUT2D eigenvalue weighted by atomic mass is 10.1. The molecule has 1 aromatic carbocycles. The summed E-state index contributed by atoms with van der Waals surface area (Å²) in [5.74, 6) is 5.76. The summed E-state index contributed by atoms with van der Waals surface area (Å²) >= 11 is 0. The summed E-state index contributed by atoms with van der Waals surface area (Å²) in [6.45, 7) is 2.13. The normalized spacial score (nSPS) is 15.4. The van der Waals surface area contributed by atoms with Gasteiger partial charge in [0.1, 0.15) is 0 Å². The molecule has 0 saturated heterocycles. The van der Waals surface area contributed by atoms with Crippen LogP contribution in [-0.2, 0) is 0 Å². The first kappa shape index (κ1) is 12.7. The fourth-order valence-electron chi connectivity index (χ4n) is 1.58. The van der Waals surface area contributed by atoms with Gasteiger partial charge >= 0.3 is 0 Å². The molecule has 1 saturated carbocycles. The van der Waals surface area contributed by atoms with Gasteiger partial charge in [-0.3, -0.25) is 4.79 Å². The van der Waals surface area contributed by atoms with Crippen LogP contribution in [0.2, 0.25) is 0 Å². The molecule has 18 heavy (non-hydrogen) atoms. The number of hydrogen-bond acceptors (Lipinski definition) is 2. The Morgan fingerprint density at radius 3 is 2.61 bits per heavy atom. The van der Waals surface area contributed by atoms with Gasteiger partial charge in [-0.25, -0.2) is 0 Å². The van der Waals surface area contributed by atoms with Crippen LogP contribution >= 0.6 is 0 Å². The van der Waals surface area contributed by atoms with Crippen LogP contribution in [0.5, 0.6) is 0 Å². The number of benzene rings is 1. The highest BCUT2D eigenvalue weighted by Crippen LogP contribution is 2.34. The van der Waals surface area contributed by atoms with Crippen LogP contribution < -0.4 is 5.32 Å². The van der Waals surface area contributed by atoms with Crippen LogP contribution in [0.3, 0.4) is 0 Å². The molecule has 2 rings (SSSR count). The topological polar surface area (TPSA) is 49.3 Å². The molecule has 2 N–H and O–H groups in total. The molecule has 1 aliphatic carbocycles. The Morgan fingerprint density at radius 2 is 2.06 bits per heavy atom. The highest BCUT2D eigenvalue weighted by Gasteiger charge is 2.38. The van der Waals surface area contributed by atoms with Crippen molar-refractivity contribution in [2.45, 2.75) is 31.7 Å². The van der Waals surface area contributed by atoms with Gasteiger partial charge in [-0.2, -0.15) is 0 Å². The second-order valence-electron chi connectivity index (χ2n) is 4.87. The average Bonchev–Trinajstić information content (AvgIpc) is 3.08. The zero-order chi connectivity index (χ0) is 13.0. The van der Waals surface area contributed by atoms with E-state index in [4.69, 9.17) is 5.11 Å². The van der Waals surface area contributed by atoms with Gasteiger partial charge in [0.05, 0.1) is 6.61 Å². The molecule has 0 bridgehead atoms. The van der Waals surface area contributed by atoms with Crippen LogP contribution in [0.25, 0.3) is 0 Å². The second-order valence-corrected chi connectivity index (χ2v) is 4.87. The molecule has 94 valence electrons. The Hall–Kier alpha value is -1.79. The summed E-state index contributed by atoms with van der Waals surface area (Å²) in [6.07, 6.45) is 2.59. The van der Waals surface area contributed by atoms with Crippen molar-refractivity contribution in [1.29, 1.82) is 0 Å². The van der Waals surface area contributed by atoms with Gasteiger partial charge in [0.15, 0.2) is 0 Å². The first-order valence-corrected chi connectivity index (χ1v) is 6.15. The van der Waals surface area contributed by atoms with Gasteiger partial charge in [-0.1, -0.05) is 11.8 Å². The minimum atomic E-state index is -0.0233. The predicted octanol–water partition coefficient (Wildman–Crippen LogP) is 1.70. The van der Waals surface area contributed by atoms with E-state index in [1.165, 1.54) is 0 Å². The maximum Gasteiger partial charge on any atom is 0.251 e. The largest absolute Gasteiger partial charge is 0.395 e. The third kappa shape index (κ3) is 3.35. The zero-order valence-corrected chi connectivity index (χ0v) is 10.5. The smallest absolute Gasteiger partial charge is 0.251 e. The summed E-state index contributed by atoms with van der Waals surface area (Å²) in [5.41, 5.74) is 1.53. The number of carbonyl (C=O) groups excluding carboxylic acids is 1. The number of carbonyl (C=O) groups is 1. The van der Waals surface area contributed by atoms with E-state index in [0.29, 0.717) is 12.0 Å². The van der Waals surface area contributed by atoms with E-state index in [-0.39, 0.29) is 18.1 Å². The lowest BCUT2D eigenvalue weighted by Gasteiger charge is -2.11.